The molecule has 0 spiro atoms. The molecule has 2 aromatic heterocycles. The maximum Gasteiger partial charge on any atom is 0.495 e. The highest BCUT2D eigenvalue weighted by atomic mass is 19.1. The van der Waals surface area contributed by atoms with E-state index in [1.54, 1.807) is 6.33 Å². The average molecular weight is 413 g/mol. The first kappa shape index (κ1) is 20.8. The van der Waals surface area contributed by atoms with Gasteiger partial charge in [-0.05, 0) is 57.4 Å². The van der Waals surface area contributed by atoms with Gasteiger partial charge in [0.1, 0.15) is 29.8 Å². The number of fused-ring (bicyclic) bond motifs is 1. The van der Waals surface area contributed by atoms with E-state index in [-0.39, 0.29) is 6.61 Å². The van der Waals surface area contributed by atoms with Crippen LogP contribution in [-0.2, 0) is 16.4 Å². The fraction of sp³-hybridized carbons (Fsp3) is 0.429. The Hall–Kier alpha value is -2.49. The number of pyridine rings is 1. The van der Waals surface area contributed by atoms with Crippen LogP contribution in [0, 0.1) is 5.82 Å². The monoisotopic (exact) mass is 413 g/mol. The maximum atomic E-state index is 13.1. The molecule has 1 unspecified atom stereocenters. The minimum atomic E-state index is -1.01. The Balaban J connectivity index is 1.62. The molecule has 1 N–H and O–H groups in total. The Kier molecular flexibility index (Phi) is 5.08. The lowest BCUT2D eigenvalue weighted by molar-refractivity contribution is 0.00578. The molecule has 0 aliphatic carbocycles. The molecule has 1 atom stereocenters. The van der Waals surface area contributed by atoms with Gasteiger partial charge in [-0.2, -0.15) is 0 Å². The van der Waals surface area contributed by atoms with Gasteiger partial charge in [0.2, 0.25) is 0 Å². The zero-order valence-corrected chi connectivity index (χ0v) is 17.7. The van der Waals surface area contributed by atoms with Crippen LogP contribution in [0.3, 0.4) is 0 Å². The van der Waals surface area contributed by atoms with Crippen LogP contribution in [0.15, 0.2) is 36.8 Å². The van der Waals surface area contributed by atoms with Crippen molar-refractivity contribution in [2.75, 3.05) is 6.61 Å². The Morgan fingerprint density at radius 2 is 1.87 bits per heavy atom. The molecule has 30 heavy (non-hydrogen) atoms. The maximum absolute atomic E-state index is 13.1. The van der Waals surface area contributed by atoms with Crippen LogP contribution in [0.2, 0.25) is 0 Å². The zero-order chi connectivity index (χ0) is 21.7. The van der Waals surface area contributed by atoms with E-state index < -0.39 is 30.2 Å². The molecule has 1 aliphatic rings. The second kappa shape index (κ2) is 7.33. The number of hydrogen-bond donors (Lipinski definition) is 1. The molecule has 1 aliphatic heterocycles. The Bertz CT molecular complexity index is 1050. The van der Waals surface area contributed by atoms with Crippen molar-refractivity contribution in [1.29, 1.82) is 0 Å². The summed E-state index contributed by atoms with van der Waals surface area (Å²) in [5, 5.41) is 10.4. The van der Waals surface area contributed by atoms with E-state index in [2.05, 4.69) is 9.97 Å². The molecule has 0 bridgehead atoms. The molecule has 3 aromatic rings. The molecule has 1 fully saturated rings. The minimum absolute atomic E-state index is 0.0499. The quantitative estimate of drug-likeness (QED) is 0.648. The first-order valence-electron chi connectivity index (χ1n) is 9.80. The van der Waals surface area contributed by atoms with E-state index in [4.69, 9.17) is 14.0 Å². The normalized spacial score (nSPS) is 18.7. The van der Waals surface area contributed by atoms with Crippen LogP contribution in [-0.4, -0.2) is 44.6 Å². The van der Waals surface area contributed by atoms with Gasteiger partial charge in [0.15, 0.2) is 0 Å². The van der Waals surface area contributed by atoms with Gasteiger partial charge >= 0.3 is 7.12 Å². The predicted molar refractivity (Wildman–Crippen MR) is 111 cm³/mol. The average Bonchev–Trinajstić information content (AvgIpc) is 3.16. The lowest BCUT2D eigenvalue weighted by Gasteiger charge is -2.32. The lowest BCUT2D eigenvalue weighted by Crippen LogP contribution is -2.41. The highest BCUT2D eigenvalue weighted by molar-refractivity contribution is 6.62. The third kappa shape index (κ3) is 3.68. The van der Waals surface area contributed by atoms with Crippen molar-refractivity contribution in [2.24, 2.45) is 7.05 Å². The summed E-state index contributed by atoms with van der Waals surface area (Å²) in [6.07, 6.45) is 1.76. The van der Waals surface area contributed by atoms with Gasteiger partial charge < -0.3 is 23.7 Å². The first-order chi connectivity index (χ1) is 14.1. The van der Waals surface area contributed by atoms with Gasteiger partial charge in [-0.1, -0.05) is 0 Å². The molecule has 4 rings (SSSR count). The summed E-state index contributed by atoms with van der Waals surface area (Å²) in [7, 11) is 1.31. The molecule has 1 saturated heterocycles. The Morgan fingerprint density at radius 3 is 2.50 bits per heavy atom. The number of rotatable bonds is 5. The molecule has 0 saturated carbocycles. The van der Waals surface area contributed by atoms with E-state index >= 15 is 0 Å². The summed E-state index contributed by atoms with van der Waals surface area (Å²) in [5.74, 6) is 0.0805. The van der Waals surface area contributed by atoms with Crippen molar-refractivity contribution < 1.29 is 23.5 Å². The van der Waals surface area contributed by atoms with Gasteiger partial charge in [0.05, 0.1) is 34.9 Å². The predicted octanol–water partition coefficient (Wildman–Crippen LogP) is 2.52. The third-order valence-electron chi connectivity index (χ3n) is 5.81. The van der Waals surface area contributed by atoms with Crippen molar-refractivity contribution >= 4 is 23.6 Å². The minimum Gasteiger partial charge on any atom is -0.488 e. The fourth-order valence-electron chi connectivity index (χ4n) is 3.34. The van der Waals surface area contributed by atoms with Crippen LogP contribution >= 0.6 is 0 Å². The number of ether oxygens (including phenoxy) is 1. The number of nitrogens with zero attached hydrogens (tertiary/aromatic N) is 3. The number of aryl methyl sites for hydroxylation is 1. The molecule has 3 heterocycles. The van der Waals surface area contributed by atoms with Crippen LogP contribution in [0.25, 0.3) is 11.0 Å². The van der Waals surface area contributed by atoms with Gasteiger partial charge in [-0.25, -0.2) is 9.37 Å². The van der Waals surface area contributed by atoms with E-state index in [0.717, 1.165) is 22.7 Å². The molecule has 1 aromatic carbocycles. The number of aliphatic hydroxyl groups is 1. The van der Waals surface area contributed by atoms with Gasteiger partial charge in [-0.15, -0.1) is 0 Å². The van der Waals surface area contributed by atoms with E-state index in [1.165, 1.54) is 12.1 Å². The van der Waals surface area contributed by atoms with Gasteiger partial charge in [0.25, 0.3) is 0 Å². The Morgan fingerprint density at radius 1 is 1.17 bits per heavy atom. The second-order valence-electron chi connectivity index (χ2n) is 8.56. The smallest absolute Gasteiger partial charge is 0.488 e. The summed E-state index contributed by atoms with van der Waals surface area (Å²) in [6, 6.07) is 6.45. The van der Waals surface area contributed by atoms with Gasteiger partial charge in [0, 0.05) is 7.05 Å². The fourth-order valence-corrected chi connectivity index (χ4v) is 3.34. The van der Waals surface area contributed by atoms with Crippen molar-refractivity contribution in [3.63, 3.8) is 0 Å². The number of hydrogen-bond acceptors (Lipinski definition) is 6. The van der Waals surface area contributed by atoms with Crippen LogP contribution in [0.5, 0.6) is 5.75 Å². The van der Waals surface area contributed by atoms with Crippen LogP contribution in [0.1, 0.15) is 39.5 Å². The number of aromatic nitrogens is 3. The van der Waals surface area contributed by atoms with E-state index in [0.29, 0.717) is 11.4 Å². The molecular weight excluding hydrogens is 388 g/mol. The molecule has 9 heteroatoms. The highest BCUT2D eigenvalue weighted by Crippen LogP contribution is 2.37. The molecule has 7 nitrogen and oxygen atoms in total. The molecule has 0 radical (unpaired) electrons. The zero-order valence-electron chi connectivity index (χ0n) is 17.7. The highest BCUT2D eigenvalue weighted by Gasteiger charge is 2.51. The first-order valence-corrected chi connectivity index (χ1v) is 9.80. The SMILES string of the molecule is Cn1cnc2cc(B3OC(C)(C)C(C)(C)O3)cc(OCC(O)c3ccc(F)cn3)c21. The summed E-state index contributed by atoms with van der Waals surface area (Å²) in [6.45, 7) is 7.93. The van der Waals surface area contributed by atoms with Crippen molar-refractivity contribution in [3.8, 4) is 5.75 Å². The topological polar surface area (TPSA) is 78.6 Å². The largest absolute Gasteiger partial charge is 0.495 e. The molecular formula is C21H25BFN3O4. The lowest BCUT2D eigenvalue weighted by atomic mass is 9.79. The van der Waals surface area contributed by atoms with E-state index in [9.17, 15) is 9.50 Å². The number of imidazole rings is 1. The van der Waals surface area contributed by atoms with Crippen molar-refractivity contribution in [2.45, 2.75) is 45.0 Å². The number of halogens is 1. The molecule has 158 valence electrons. The second-order valence-corrected chi connectivity index (χ2v) is 8.56. The molecule has 0 amide bonds. The van der Waals surface area contributed by atoms with Crippen molar-refractivity contribution in [3.05, 3.63) is 48.3 Å². The summed E-state index contributed by atoms with van der Waals surface area (Å²) < 4.78 is 33.2. The number of aliphatic hydroxyl groups excluding tert-OH is 1. The number of benzene rings is 1. The summed E-state index contributed by atoms with van der Waals surface area (Å²) in [4.78, 5) is 8.34. The van der Waals surface area contributed by atoms with Crippen LogP contribution in [0.4, 0.5) is 4.39 Å². The standard InChI is InChI=1S/C21H25BFN3O4/c1-20(2)21(3,4)30-22(29-20)13-8-16-19(26(5)12-25-16)18(9-13)28-11-17(27)15-7-6-14(23)10-24-15/h6-10,12,17,27H,11H2,1-5H3. The third-order valence-corrected chi connectivity index (χ3v) is 5.81. The van der Waals surface area contributed by atoms with Crippen molar-refractivity contribution in [1.82, 2.24) is 14.5 Å². The van der Waals surface area contributed by atoms with Crippen LogP contribution < -0.4 is 10.2 Å². The Labute approximate surface area is 175 Å². The van der Waals surface area contributed by atoms with E-state index in [1.807, 2.05) is 51.4 Å². The summed E-state index contributed by atoms with van der Waals surface area (Å²) in [5.41, 5.74) is 1.69. The van der Waals surface area contributed by atoms with Gasteiger partial charge in [-0.3, -0.25) is 4.98 Å². The summed E-state index contributed by atoms with van der Waals surface area (Å²) >= 11 is 0.